The van der Waals surface area contributed by atoms with Gasteiger partial charge in [-0.05, 0) is 24.0 Å². The van der Waals surface area contributed by atoms with Crippen molar-refractivity contribution in [3.8, 4) is 0 Å². The Balaban J connectivity index is 2.19. The molecule has 0 bridgehead atoms. The van der Waals surface area contributed by atoms with E-state index in [0.29, 0.717) is 12.3 Å². The van der Waals surface area contributed by atoms with Gasteiger partial charge < -0.3 is 10.4 Å². The Morgan fingerprint density at radius 1 is 1.59 bits per heavy atom. The predicted molar refractivity (Wildman–Crippen MR) is 72.0 cm³/mol. The number of ketones is 1. The van der Waals surface area contributed by atoms with Crippen LogP contribution in [-0.4, -0.2) is 25.0 Å². The number of benzene rings is 1. The smallest absolute Gasteiger partial charge is 0.324 e. The molecular weight excluding hydrogens is 233 g/mol. The Morgan fingerprint density at radius 3 is 3.00 bits per heavy atom. The van der Waals surface area contributed by atoms with Crippen LogP contribution in [0.4, 0.5) is 0 Å². The maximum atomic E-state index is 11.0. The minimum absolute atomic E-state index is 0.0202. The largest absolute Gasteiger partial charge is 0.423 e. The van der Waals surface area contributed by atoms with Crippen molar-refractivity contribution in [2.24, 2.45) is 5.73 Å². The fourth-order valence-corrected chi connectivity index (χ4v) is 2.79. The maximum absolute atomic E-state index is 11.0. The SMILES string of the molecule is CB1O[C@@H](CN)c2ccc(SCC(C)=O)cc21. The molecule has 90 valence electrons. The zero-order valence-electron chi connectivity index (χ0n) is 10.1. The Hall–Kier alpha value is -0.775. The molecule has 1 heterocycles. The van der Waals surface area contributed by atoms with Crippen LogP contribution in [0.5, 0.6) is 0 Å². The van der Waals surface area contributed by atoms with Crippen molar-refractivity contribution in [1.82, 2.24) is 0 Å². The van der Waals surface area contributed by atoms with Gasteiger partial charge in [-0.3, -0.25) is 4.79 Å². The molecule has 2 N–H and O–H groups in total. The Bertz CT molecular complexity index is 439. The summed E-state index contributed by atoms with van der Waals surface area (Å²) in [6, 6.07) is 6.22. The summed E-state index contributed by atoms with van der Waals surface area (Å²) in [5.74, 6) is 0.716. The number of Topliss-reactive ketones (excluding diaryl/α,β-unsaturated/α-hetero) is 1. The zero-order chi connectivity index (χ0) is 12.4. The Morgan fingerprint density at radius 2 is 2.35 bits per heavy atom. The van der Waals surface area contributed by atoms with E-state index in [4.69, 9.17) is 10.4 Å². The van der Waals surface area contributed by atoms with Crippen LogP contribution in [0.15, 0.2) is 23.1 Å². The van der Waals surface area contributed by atoms with E-state index in [-0.39, 0.29) is 18.8 Å². The molecule has 17 heavy (non-hydrogen) atoms. The number of hydrogen-bond acceptors (Lipinski definition) is 4. The highest BCUT2D eigenvalue weighted by molar-refractivity contribution is 8.00. The van der Waals surface area contributed by atoms with Gasteiger partial charge in [-0.2, -0.15) is 0 Å². The molecule has 1 atom stereocenters. The molecule has 5 heteroatoms. The quantitative estimate of drug-likeness (QED) is 0.644. The standard InChI is InChI=1S/C12H16BNO2S/c1-8(15)7-17-9-3-4-10-11(5-9)13(2)16-12(10)6-14/h3-5,12H,6-7,14H2,1-2H3/t12-/m0/s1. The molecule has 3 nitrogen and oxygen atoms in total. The van der Waals surface area contributed by atoms with Gasteiger partial charge in [-0.1, -0.05) is 19.0 Å². The summed E-state index contributed by atoms with van der Waals surface area (Å²) in [6.07, 6.45) is 0.0202. The summed E-state index contributed by atoms with van der Waals surface area (Å²) in [7, 11) is 0. The molecule has 0 saturated heterocycles. The normalized spacial score (nSPS) is 18.3. The fraction of sp³-hybridized carbons (Fsp3) is 0.417. The molecule has 1 aromatic rings. The second-order valence-corrected chi connectivity index (χ2v) is 5.33. The van der Waals surface area contributed by atoms with Crippen molar-refractivity contribution in [2.45, 2.75) is 24.7 Å². The molecule has 0 spiro atoms. The Kier molecular flexibility index (Phi) is 3.91. The van der Waals surface area contributed by atoms with Crippen LogP contribution in [0, 0.1) is 0 Å². The van der Waals surface area contributed by atoms with Crippen LogP contribution in [-0.2, 0) is 9.45 Å². The third kappa shape index (κ3) is 2.73. The number of rotatable bonds is 4. The number of thioether (sulfide) groups is 1. The highest BCUT2D eigenvalue weighted by Crippen LogP contribution is 2.26. The van der Waals surface area contributed by atoms with Crippen LogP contribution < -0.4 is 11.2 Å². The molecule has 2 rings (SSSR count). The summed E-state index contributed by atoms with van der Waals surface area (Å²) in [5, 5.41) is 0. The van der Waals surface area contributed by atoms with Crippen molar-refractivity contribution in [1.29, 1.82) is 0 Å². The van der Waals surface area contributed by atoms with Gasteiger partial charge >= 0.3 is 6.92 Å². The average Bonchev–Trinajstić information content (AvgIpc) is 2.63. The summed E-state index contributed by atoms with van der Waals surface area (Å²) < 4.78 is 5.76. The van der Waals surface area contributed by atoms with Crippen LogP contribution in [0.3, 0.4) is 0 Å². The second-order valence-electron chi connectivity index (χ2n) is 4.28. The lowest BCUT2D eigenvalue weighted by atomic mass is 9.64. The molecular formula is C12H16BNO2S. The third-order valence-corrected chi connectivity index (χ3v) is 4.01. The number of nitrogens with two attached hydrogens (primary N) is 1. The first kappa shape index (κ1) is 12.7. The lowest BCUT2D eigenvalue weighted by Gasteiger charge is -2.09. The van der Waals surface area contributed by atoms with E-state index in [2.05, 4.69) is 12.1 Å². The highest BCUT2D eigenvalue weighted by Gasteiger charge is 2.30. The van der Waals surface area contributed by atoms with E-state index >= 15 is 0 Å². The van der Waals surface area contributed by atoms with Crippen LogP contribution in [0.25, 0.3) is 0 Å². The lowest BCUT2D eigenvalue weighted by Crippen LogP contribution is -2.24. The molecule has 1 aliphatic heterocycles. The minimum atomic E-state index is 0.0202. The summed E-state index contributed by atoms with van der Waals surface area (Å²) >= 11 is 1.57. The van der Waals surface area contributed by atoms with E-state index in [1.807, 2.05) is 12.9 Å². The van der Waals surface area contributed by atoms with Crippen molar-refractivity contribution < 1.29 is 9.45 Å². The van der Waals surface area contributed by atoms with E-state index < -0.39 is 0 Å². The predicted octanol–water partition coefficient (Wildman–Crippen LogP) is 1.23. The van der Waals surface area contributed by atoms with Crippen LogP contribution in [0.2, 0.25) is 6.82 Å². The molecule has 1 aromatic carbocycles. The maximum Gasteiger partial charge on any atom is 0.324 e. The number of carbonyl (C=O) groups is 1. The van der Waals surface area contributed by atoms with E-state index in [9.17, 15) is 4.79 Å². The average molecular weight is 249 g/mol. The molecule has 0 aliphatic carbocycles. The van der Waals surface area contributed by atoms with Gasteiger partial charge in [0.25, 0.3) is 0 Å². The highest BCUT2D eigenvalue weighted by atomic mass is 32.2. The Labute approximate surface area is 106 Å². The molecule has 0 saturated carbocycles. The van der Waals surface area contributed by atoms with Gasteiger partial charge in [-0.25, -0.2) is 0 Å². The monoisotopic (exact) mass is 249 g/mol. The number of carbonyl (C=O) groups excluding carboxylic acids is 1. The van der Waals surface area contributed by atoms with Gasteiger partial charge in [0.2, 0.25) is 0 Å². The second kappa shape index (κ2) is 5.25. The van der Waals surface area contributed by atoms with Gasteiger partial charge in [0, 0.05) is 11.4 Å². The van der Waals surface area contributed by atoms with Gasteiger partial charge in [-0.15, -0.1) is 11.8 Å². The van der Waals surface area contributed by atoms with Crippen LogP contribution >= 0.6 is 11.8 Å². The van der Waals surface area contributed by atoms with E-state index in [1.54, 1.807) is 18.7 Å². The van der Waals surface area contributed by atoms with Gasteiger partial charge in [0.15, 0.2) is 0 Å². The first-order valence-corrected chi connectivity index (χ1v) is 6.72. The molecule has 0 amide bonds. The molecule has 0 aromatic heterocycles. The first-order valence-electron chi connectivity index (χ1n) is 5.73. The topological polar surface area (TPSA) is 52.3 Å². The number of fused-ring (bicyclic) bond motifs is 1. The van der Waals surface area contributed by atoms with Crippen molar-refractivity contribution in [3.05, 3.63) is 23.8 Å². The van der Waals surface area contributed by atoms with Crippen molar-refractivity contribution >= 4 is 29.9 Å². The minimum Gasteiger partial charge on any atom is -0.423 e. The molecule has 0 radical (unpaired) electrons. The summed E-state index contributed by atoms with van der Waals surface area (Å²) in [5.41, 5.74) is 8.06. The van der Waals surface area contributed by atoms with Crippen molar-refractivity contribution in [3.63, 3.8) is 0 Å². The van der Waals surface area contributed by atoms with Crippen molar-refractivity contribution in [2.75, 3.05) is 12.3 Å². The third-order valence-electron chi connectivity index (χ3n) is 2.87. The van der Waals surface area contributed by atoms with Gasteiger partial charge in [0.1, 0.15) is 5.78 Å². The zero-order valence-corrected chi connectivity index (χ0v) is 10.9. The van der Waals surface area contributed by atoms with Crippen LogP contribution in [0.1, 0.15) is 18.6 Å². The molecule has 0 fully saturated rings. The van der Waals surface area contributed by atoms with Gasteiger partial charge in [0.05, 0.1) is 11.9 Å². The first-order chi connectivity index (χ1) is 8.11. The van der Waals surface area contributed by atoms with E-state index in [0.717, 1.165) is 4.90 Å². The summed E-state index contributed by atoms with van der Waals surface area (Å²) in [4.78, 5) is 12.1. The molecule has 0 unspecified atom stereocenters. The van der Waals surface area contributed by atoms with E-state index in [1.165, 1.54) is 11.0 Å². The fourth-order valence-electron chi connectivity index (χ4n) is 2.05. The number of hydrogen-bond donors (Lipinski definition) is 1. The molecule has 1 aliphatic rings. The lowest BCUT2D eigenvalue weighted by molar-refractivity contribution is -0.114. The summed E-state index contributed by atoms with van der Waals surface area (Å²) in [6.45, 7) is 4.25.